The summed E-state index contributed by atoms with van der Waals surface area (Å²) < 4.78 is 1.29. The van der Waals surface area contributed by atoms with Crippen LogP contribution in [0.1, 0.15) is 4.88 Å². The summed E-state index contributed by atoms with van der Waals surface area (Å²) in [6, 6.07) is 4.00. The first-order valence-corrected chi connectivity index (χ1v) is 9.58. The summed E-state index contributed by atoms with van der Waals surface area (Å²) >= 11 is 3.03. The van der Waals surface area contributed by atoms with Gasteiger partial charge >= 0.3 is 0 Å². The fourth-order valence-electron chi connectivity index (χ4n) is 2.49. The van der Waals surface area contributed by atoms with Crippen LogP contribution in [0, 0.1) is 6.92 Å². The Balaban J connectivity index is 1.93. The van der Waals surface area contributed by atoms with Crippen LogP contribution in [0.2, 0.25) is 0 Å². The molecule has 2 amide bonds. The Bertz CT molecular complexity index is 1030. The van der Waals surface area contributed by atoms with Crippen LogP contribution in [0.15, 0.2) is 28.6 Å². The summed E-state index contributed by atoms with van der Waals surface area (Å²) in [6.45, 7) is 1.80. The summed E-state index contributed by atoms with van der Waals surface area (Å²) in [6.07, 6.45) is 1.39. The minimum Gasteiger partial charge on any atom is -0.358 e. The lowest BCUT2D eigenvalue weighted by Crippen LogP contribution is -2.39. The third kappa shape index (κ3) is 3.54. The SMILES string of the molecule is CNC(=O)CN(C)C(=O)Cn1cnc2scc(-c3ccc(C)s3)c2c1=O. The second-order valence-electron chi connectivity index (χ2n) is 5.84. The lowest BCUT2D eigenvalue weighted by atomic mass is 10.2. The monoisotopic (exact) mass is 390 g/mol. The van der Waals surface area contributed by atoms with E-state index in [1.165, 1.54) is 41.2 Å². The Labute approximate surface area is 157 Å². The zero-order valence-electron chi connectivity index (χ0n) is 14.6. The molecule has 3 aromatic heterocycles. The summed E-state index contributed by atoms with van der Waals surface area (Å²) in [5, 5.41) is 4.92. The van der Waals surface area contributed by atoms with Gasteiger partial charge in [-0.2, -0.15) is 0 Å². The standard InChI is InChI=1S/C17H18N4O3S2/c1-10-4-5-12(26-10)11-8-25-16-15(11)17(24)21(9-19-16)7-14(23)20(3)6-13(22)18-2/h4-5,8-9H,6-7H2,1-3H3,(H,18,22). The molecule has 0 aliphatic heterocycles. The molecule has 0 saturated heterocycles. The van der Waals surface area contributed by atoms with Crippen LogP contribution in [0.5, 0.6) is 0 Å². The number of nitrogens with zero attached hydrogens (tertiary/aromatic N) is 3. The van der Waals surface area contributed by atoms with Crippen LogP contribution in [-0.2, 0) is 16.1 Å². The van der Waals surface area contributed by atoms with E-state index >= 15 is 0 Å². The molecule has 3 aromatic rings. The van der Waals surface area contributed by atoms with Gasteiger partial charge in [0.05, 0.1) is 18.3 Å². The van der Waals surface area contributed by atoms with Gasteiger partial charge in [-0.25, -0.2) is 4.98 Å². The number of amides is 2. The van der Waals surface area contributed by atoms with E-state index in [1.54, 1.807) is 11.3 Å². The highest BCUT2D eigenvalue weighted by molar-refractivity contribution is 7.19. The number of aryl methyl sites for hydroxylation is 1. The van der Waals surface area contributed by atoms with E-state index < -0.39 is 0 Å². The highest BCUT2D eigenvalue weighted by Gasteiger charge is 2.17. The van der Waals surface area contributed by atoms with Gasteiger partial charge in [0.1, 0.15) is 11.4 Å². The van der Waals surface area contributed by atoms with Crippen molar-refractivity contribution < 1.29 is 9.59 Å². The van der Waals surface area contributed by atoms with Gasteiger partial charge in [-0.15, -0.1) is 22.7 Å². The van der Waals surface area contributed by atoms with Gasteiger partial charge in [-0.3, -0.25) is 19.0 Å². The Morgan fingerprint density at radius 1 is 1.35 bits per heavy atom. The molecule has 136 valence electrons. The number of likely N-dealkylation sites (N-methyl/N-ethyl adjacent to an activating group) is 2. The van der Waals surface area contributed by atoms with Gasteiger partial charge in [-0.05, 0) is 19.1 Å². The molecule has 0 aliphatic carbocycles. The molecule has 0 spiro atoms. The van der Waals surface area contributed by atoms with Gasteiger partial charge < -0.3 is 10.2 Å². The van der Waals surface area contributed by atoms with Gasteiger partial charge in [0, 0.05) is 34.8 Å². The number of thiophene rings is 2. The second kappa shape index (κ2) is 7.38. The van der Waals surface area contributed by atoms with Crippen LogP contribution >= 0.6 is 22.7 Å². The number of nitrogens with one attached hydrogen (secondary N) is 1. The normalized spacial score (nSPS) is 10.9. The van der Waals surface area contributed by atoms with Gasteiger partial charge in [-0.1, -0.05) is 0 Å². The minimum absolute atomic E-state index is 0.0576. The van der Waals surface area contributed by atoms with Crippen LogP contribution in [0.4, 0.5) is 0 Å². The maximum Gasteiger partial charge on any atom is 0.263 e. The predicted molar refractivity (Wildman–Crippen MR) is 104 cm³/mol. The molecule has 0 aliphatic rings. The van der Waals surface area contributed by atoms with Crippen molar-refractivity contribution in [1.29, 1.82) is 0 Å². The van der Waals surface area contributed by atoms with Crippen molar-refractivity contribution in [3.05, 3.63) is 39.1 Å². The molecule has 0 atom stereocenters. The lowest BCUT2D eigenvalue weighted by Gasteiger charge is -2.16. The molecule has 9 heteroatoms. The maximum atomic E-state index is 12.9. The fraction of sp³-hybridized carbons (Fsp3) is 0.294. The van der Waals surface area contributed by atoms with Crippen LogP contribution < -0.4 is 10.9 Å². The average Bonchev–Trinajstić information content (AvgIpc) is 3.23. The van der Waals surface area contributed by atoms with E-state index in [9.17, 15) is 14.4 Å². The zero-order chi connectivity index (χ0) is 18.8. The van der Waals surface area contributed by atoms with Gasteiger partial charge in [0.15, 0.2) is 0 Å². The van der Waals surface area contributed by atoms with Crippen LogP contribution in [0.25, 0.3) is 20.7 Å². The van der Waals surface area contributed by atoms with Gasteiger partial charge in [0.2, 0.25) is 11.8 Å². The number of hydrogen-bond donors (Lipinski definition) is 1. The quantitative estimate of drug-likeness (QED) is 0.719. The Morgan fingerprint density at radius 2 is 2.12 bits per heavy atom. The van der Waals surface area contributed by atoms with Gasteiger partial charge in [0.25, 0.3) is 5.56 Å². The number of carbonyl (C=O) groups excluding carboxylic acids is 2. The number of hydrogen-bond acceptors (Lipinski definition) is 6. The molecule has 26 heavy (non-hydrogen) atoms. The average molecular weight is 390 g/mol. The van der Waals surface area contributed by atoms with E-state index in [-0.39, 0.29) is 30.5 Å². The molecule has 3 rings (SSSR count). The summed E-state index contributed by atoms with van der Waals surface area (Å²) in [4.78, 5) is 45.1. The van der Waals surface area contributed by atoms with E-state index in [4.69, 9.17) is 0 Å². The topological polar surface area (TPSA) is 84.3 Å². The fourth-order valence-corrected chi connectivity index (χ4v) is 4.35. The van der Waals surface area contributed by atoms with Crippen LogP contribution in [0.3, 0.4) is 0 Å². The first kappa shape index (κ1) is 18.3. The molecule has 3 heterocycles. The lowest BCUT2D eigenvalue weighted by molar-refractivity contribution is -0.135. The maximum absolute atomic E-state index is 12.9. The Morgan fingerprint density at radius 3 is 2.77 bits per heavy atom. The Hall–Kier alpha value is -2.52. The van der Waals surface area contributed by atoms with Crippen molar-refractivity contribution in [2.45, 2.75) is 13.5 Å². The highest BCUT2D eigenvalue weighted by Crippen LogP contribution is 2.34. The smallest absolute Gasteiger partial charge is 0.263 e. The molecule has 0 bridgehead atoms. The van der Waals surface area contributed by atoms with E-state index in [0.29, 0.717) is 10.2 Å². The van der Waals surface area contributed by atoms with Crippen molar-refractivity contribution in [3.8, 4) is 10.4 Å². The van der Waals surface area contributed by atoms with Crippen molar-refractivity contribution in [1.82, 2.24) is 19.8 Å². The Kier molecular flexibility index (Phi) is 5.19. The first-order chi connectivity index (χ1) is 12.4. The molecular formula is C17H18N4O3S2. The summed E-state index contributed by atoms with van der Waals surface area (Å²) in [7, 11) is 3.03. The molecular weight excluding hydrogens is 372 g/mol. The molecule has 0 unspecified atom stereocenters. The van der Waals surface area contributed by atoms with Crippen molar-refractivity contribution in [2.75, 3.05) is 20.6 Å². The van der Waals surface area contributed by atoms with E-state index in [0.717, 1.165) is 15.3 Å². The molecule has 0 aromatic carbocycles. The summed E-state index contributed by atoms with van der Waals surface area (Å²) in [5.74, 6) is -0.601. The third-order valence-electron chi connectivity index (χ3n) is 3.96. The number of rotatable bonds is 5. The largest absolute Gasteiger partial charge is 0.358 e. The second-order valence-corrected chi connectivity index (χ2v) is 7.99. The first-order valence-electron chi connectivity index (χ1n) is 7.88. The zero-order valence-corrected chi connectivity index (χ0v) is 16.2. The molecule has 0 radical (unpaired) electrons. The summed E-state index contributed by atoms with van der Waals surface area (Å²) in [5.41, 5.74) is 0.597. The number of carbonyl (C=O) groups is 2. The molecule has 1 N–H and O–H groups in total. The highest BCUT2D eigenvalue weighted by atomic mass is 32.1. The van der Waals surface area contributed by atoms with Crippen LogP contribution in [-0.4, -0.2) is 46.9 Å². The van der Waals surface area contributed by atoms with Crippen molar-refractivity contribution in [2.24, 2.45) is 0 Å². The predicted octanol–water partition coefficient (Wildman–Crippen LogP) is 1.70. The van der Waals surface area contributed by atoms with E-state index in [2.05, 4.69) is 10.3 Å². The number of aromatic nitrogens is 2. The number of fused-ring (bicyclic) bond motifs is 1. The van der Waals surface area contributed by atoms with Crippen molar-refractivity contribution >= 4 is 44.7 Å². The molecule has 0 fully saturated rings. The molecule has 7 nitrogen and oxygen atoms in total. The third-order valence-corrected chi connectivity index (χ3v) is 5.88. The van der Waals surface area contributed by atoms with Crippen molar-refractivity contribution in [3.63, 3.8) is 0 Å². The van der Waals surface area contributed by atoms with E-state index in [1.807, 2.05) is 24.4 Å². The minimum atomic E-state index is -0.333. The molecule has 0 saturated carbocycles.